The Bertz CT molecular complexity index is 588. The van der Waals surface area contributed by atoms with E-state index in [4.69, 9.17) is 10.6 Å². The third-order valence-corrected chi connectivity index (χ3v) is 2.34. The number of aromatic nitrogens is 2. The van der Waals surface area contributed by atoms with Gasteiger partial charge in [0.25, 0.3) is 5.91 Å². The van der Waals surface area contributed by atoms with Gasteiger partial charge >= 0.3 is 0 Å². The van der Waals surface area contributed by atoms with Gasteiger partial charge in [-0.1, -0.05) is 6.07 Å². The molecule has 0 bridgehead atoms. The Kier molecular flexibility index (Phi) is 3.89. The maximum absolute atomic E-state index is 12.0. The van der Waals surface area contributed by atoms with E-state index in [1.807, 2.05) is 0 Å². The van der Waals surface area contributed by atoms with Crippen LogP contribution >= 0.6 is 0 Å². The summed E-state index contributed by atoms with van der Waals surface area (Å²) in [6, 6.07) is 7.02. The number of rotatable bonds is 4. The second kappa shape index (κ2) is 5.78. The van der Waals surface area contributed by atoms with E-state index < -0.39 is 0 Å². The molecule has 0 fully saturated rings. The molecule has 0 spiro atoms. The monoisotopic (exact) mass is 259 g/mol. The van der Waals surface area contributed by atoms with Crippen molar-refractivity contribution in [1.82, 2.24) is 9.97 Å². The van der Waals surface area contributed by atoms with Crippen LogP contribution in [0.2, 0.25) is 0 Å². The minimum atomic E-state index is -0.377. The van der Waals surface area contributed by atoms with Crippen molar-refractivity contribution < 1.29 is 9.53 Å². The lowest BCUT2D eigenvalue weighted by Gasteiger charge is -2.07. The van der Waals surface area contributed by atoms with E-state index in [1.165, 1.54) is 12.4 Å². The third-order valence-electron chi connectivity index (χ3n) is 2.34. The summed E-state index contributed by atoms with van der Waals surface area (Å²) in [6.07, 6.45) is 2.78. The van der Waals surface area contributed by atoms with Crippen molar-refractivity contribution in [2.45, 2.75) is 0 Å². The molecule has 0 saturated carbocycles. The normalized spacial score (nSPS) is 9.79. The van der Waals surface area contributed by atoms with Crippen LogP contribution in [0.15, 0.2) is 36.7 Å². The molecule has 1 aromatic carbocycles. The van der Waals surface area contributed by atoms with Crippen LogP contribution in [0.5, 0.6) is 5.75 Å². The second-order valence-electron chi connectivity index (χ2n) is 3.62. The Morgan fingerprint density at radius 3 is 2.95 bits per heavy atom. The molecule has 2 rings (SSSR count). The van der Waals surface area contributed by atoms with Gasteiger partial charge in [-0.2, -0.15) is 0 Å². The van der Waals surface area contributed by atoms with Crippen LogP contribution < -0.4 is 21.3 Å². The zero-order valence-electron chi connectivity index (χ0n) is 10.3. The van der Waals surface area contributed by atoms with E-state index in [9.17, 15) is 4.79 Å². The maximum atomic E-state index is 12.0. The average molecular weight is 259 g/mol. The summed E-state index contributed by atoms with van der Waals surface area (Å²) in [5.41, 5.74) is 3.10. The molecule has 0 aliphatic carbocycles. The molecule has 1 heterocycles. The Balaban J connectivity index is 2.15. The highest BCUT2D eigenvalue weighted by molar-refractivity contribution is 6.02. The van der Waals surface area contributed by atoms with E-state index in [0.717, 1.165) is 0 Å². The fourth-order valence-corrected chi connectivity index (χ4v) is 1.44. The Morgan fingerprint density at radius 1 is 1.37 bits per heavy atom. The number of methoxy groups -OCH3 is 1. The Hall–Kier alpha value is -2.67. The molecular formula is C12H13N5O2. The molecule has 0 aliphatic heterocycles. The second-order valence-corrected chi connectivity index (χ2v) is 3.62. The molecule has 4 N–H and O–H groups in total. The van der Waals surface area contributed by atoms with Crippen LogP contribution in [0.1, 0.15) is 10.5 Å². The number of nitrogen functional groups attached to an aromatic ring is 1. The lowest BCUT2D eigenvalue weighted by Crippen LogP contribution is -2.16. The zero-order chi connectivity index (χ0) is 13.7. The van der Waals surface area contributed by atoms with E-state index in [1.54, 1.807) is 31.4 Å². The van der Waals surface area contributed by atoms with Gasteiger partial charge in [-0.15, -0.1) is 0 Å². The van der Waals surface area contributed by atoms with Crippen LogP contribution in [-0.4, -0.2) is 23.0 Å². The topological polar surface area (TPSA) is 102 Å². The molecular weight excluding hydrogens is 246 g/mol. The molecule has 0 saturated heterocycles. The number of carbonyl (C=O) groups is 1. The van der Waals surface area contributed by atoms with Crippen LogP contribution in [-0.2, 0) is 0 Å². The Morgan fingerprint density at radius 2 is 2.21 bits per heavy atom. The fourth-order valence-electron chi connectivity index (χ4n) is 1.44. The van der Waals surface area contributed by atoms with Crippen molar-refractivity contribution in [3.63, 3.8) is 0 Å². The lowest BCUT2D eigenvalue weighted by atomic mass is 10.3. The quantitative estimate of drug-likeness (QED) is 0.559. The van der Waals surface area contributed by atoms with Gasteiger partial charge in [-0.25, -0.2) is 10.8 Å². The first kappa shape index (κ1) is 12.8. The lowest BCUT2D eigenvalue weighted by molar-refractivity contribution is 0.102. The van der Waals surface area contributed by atoms with Gasteiger partial charge in [-0.3, -0.25) is 9.78 Å². The minimum Gasteiger partial charge on any atom is -0.497 e. The molecule has 1 aromatic heterocycles. The van der Waals surface area contributed by atoms with Crippen molar-refractivity contribution in [3.8, 4) is 5.75 Å². The first-order valence-corrected chi connectivity index (χ1v) is 5.47. The first-order chi connectivity index (χ1) is 9.22. The minimum absolute atomic E-state index is 0.165. The van der Waals surface area contributed by atoms with Gasteiger partial charge in [0.1, 0.15) is 11.4 Å². The summed E-state index contributed by atoms with van der Waals surface area (Å²) in [6.45, 7) is 0. The zero-order valence-corrected chi connectivity index (χ0v) is 10.3. The summed E-state index contributed by atoms with van der Waals surface area (Å²) >= 11 is 0. The summed E-state index contributed by atoms with van der Waals surface area (Å²) in [5, 5.41) is 2.69. The maximum Gasteiger partial charge on any atom is 0.275 e. The van der Waals surface area contributed by atoms with Crippen molar-refractivity contribution in [2.24, 2.45) is 5.84 Å². The van der Waals surface area contributed by atoms with Gasteiger partial charge in [0.15, 0.2) is 5.82 Å². The van der Waals surface area contributed by atoms with Gasteiger partial charge in [-0.05, 0) is 12.1 Å². The third kappa shape index (κ3) is 3.17. The smallest absolute Gasteiger partial charge is 0.275 e. The fraction of sp³-hybridized carbons (Fsp3) is 0.0833. The standard InChI is InChI=1S/C12H13N5O2/c1-19-9-4-2-3-8(5-9)15-12(18)10-6-14-7-11(16-10)17-13/h2-7H,13H2,1H3,(H,15,18)(H,16,17). The SMILES string of the molecule is COc1cccc(NC(=O)c2cncc(NN)n2)c1. The van der Waals surface area contributed by atoms with Gasteiger partial charge in [0.05, 0.1) is 19.5 Å². The van der Waals surface area contributed by atoms with Crippen molar-refractivity contribution in [3.05, 3.63) is 42.4 Å². The van der Waals surface area contributed by atoms with Crippen LogP contribution in [0.4, 0.5) is 11.5 Å². The predicted octanol–water partition coefficient (Wildman–Crippen LogP) is 1.02. The van der Waals surface area contributed by atoms with Crippen molar-refractivity contribution in [1.29, 1.82) is 0 Å². The number of ether oxygens (including phenoxy) is 1. The number of amides is 1. The number of nitrogens with zero attached hydrogens (tertiary/aromatic N) is 2. The van der Waals surface area contributed by atoms with Gasteiger partial charge < -0.3 is 15.5 Å². The first-order valence-electron chi connectivity index (χ1n) is 5.47. The molecule has 0 atom stereocenters. The van der Waals surface area contributed by atoms with Crippen molar-refractivity contribution in [2.75, 3.05) is 17.9 Å². The van der Waals surface area contributed by atoms with E-state index in [2.05, 4.69) is 20.7 Å². The van der Waals surface area contributed by atoms with Crippen LogP contribution in [0.25, 0.3) is 0 Å². The molecule has 19 heavy (non-hydrogen) atoms. The number of hydrazine groups is 1. The average Bonchev–Trinajstić information content (AvgIpc) is 2.47. The van der Waals surface area contributed by atoms with Gasteiger partial charge in [0.2, 0.25) is 0 Å². The summed E-state index contributed by atoms with van der Waals surface area (Å²) < 4.78 is 5.07. The summed E-state index contributed by atoms with van der Waals surface area (Å²) in [4.78, 5) is 19.8. The molecule has 2 aromatic rings. The van der Waals surface area contributed by atoms with Crippen molar-refractivity contribution >= 4 is 17.4 Å². The van der Waals surface area contributed by atoms with Gasteiger partial charge in [0, 0.05) is 11.8 Å². The molecule has 7 heteroatoms. The molecule has 0 radical (unpaired) electrons. The highest BCUT2D eigenvalue weighted by atomic mass is 16.5. The molecule has 0 unspecified atom stereocenters. The van der Waals surface area contributed by atoms with E-state index in [-0.39, 0.29) is 11.6 Å². The summed E-state index contributed by atoms with van der Waals surface area (Å²) in [5.74, 6) is 5.80. The van der Waals surface area contributed by atoms with Crippen LogP contribution in [0, 0.1) is 0 Å². The number of carbonyl (C=O) groups excluding carboxylic acids is 1. The highest BCUT2D eigenvalue weighted by Gasteiger charge is 2.09. The number of anilines is 2. The molecule has 1 amide bonds. The van der Waals surface area contributed by atoms with E-state index in [0.29, 0.717) is 17.3 Å². The molecule has 98 valence electrons. The number of nitrogens with two attached hydrogens (primary N) is 1. The van der Waals surface area contributed by atoms with E-state index >= 15 is 0 Å². The number of benzene rings is 1. The van der Waals surface area contributed by atoms with Crippen LogP contribution in [0.3, 0.4) is 0 Å². The predicted molar refractivity (Wildman–Crippen MR) is 70.8 cm³/mol. The molecule has 0 aliphatic rings. The molecule has 7 nitrogen and oxygen atoms in total. The number of hydrogen-bond acceptors (Lipinski definition) is 6. The number of nitrogens with one attached hydrogen (secondary N) is 2. The Labute approximate surface area is 109 Å². The number of hydrogen-bond donors (Lipinski definition) is 3. The largest absolute Gasteiger partial charge is 0.497 e. The highest BCUT2D eigenvalue weighted by Crippen LogP contribution is 2.17. The summed E-state index contributed by atoms with van der Waals surface area (Å²) in [7, 11) is 1.56.